The standard InChI is InChI=1S/C22H24FN5O5S/c1-14-2-7-17(34(31,32)27-8-10-33-11-9-27)12-18(14)25-22(30)19-13-20(21(24)29)28(26-19)16-5-3-15(23)4-6-16/h2-7,12,20H,8-11,13H2,1H3,(H2,24,29)(H,25,30). The van der Waals surface area contributed by atoms with Gasteiger partial charge in [-0.25, -0.2) is 12.8 Å². The number of nitrogens with zero attached hydrogens (tertiary/aromatic N) is 3. The summed E-state index contributed by atoms with van der Waals surface area (Å²) in [4.78, 5) is 25.0. The smallest absolute Gasteiger partial charge is 0.271 e. The van der Waals surface area contributed by atoms with Crippen LogP contribution in [-0.4, -0.2) is 62.6 Å². The molecular formula is C22H24FN5O5S. The third-order valence-electron chi connectivity index (χ3n) is 5.66. The van der Waals surface area contributed by atoms with Crippen LogP contribution >= 0.6 is 0 Å². The maximum Gasteiger partial charge on any atom is 0.271 e. The Kier molecular flexibility index (Phi) is 6.64. The zero-order chi connectivity index (χ0) is 24.5. The molecule has 0 bridgehead atoms. The first-order valence-electron chi connectivity index (χ1n) is 10.6. The molecule has 4 rings (SSSR count). The number of hydrogen-bond donors (Lipinski definition) is 2. The van der Waals surface area contributed by atoms with Crippen molar-refractivity contribution in [1.29, 1.82) is 0 Å². The minimum absolute atomic E-state index is 0.0361. The number of nitrogens with one attached hydrogen (secondary N) is 1. The molecule has 2 amide bonds. The molecule has 1 fully saturated rings. The largest absolute Gasteiger partial charge is 0.379 e. The Morgan fingerprint density at radius 2 is 1.82 bits per heavy atom. The van der Waals surface area contributed by atoms with E-state index in [0.717, 1.165) is 0 Å². The van der Waals surface area contributed by atoms with Crippen molar-refractivity contribution < 1.29 is 27.1 Å². The lowest BCUT2D eigenvalue weighted by molar-refractivity contribution is -0.119. The van der Waals surface area contributed by atoms with E-state index in [-0.39, 0.29) is 30.1 Å². The van der Waals surface area contributed by atoms with Gasteiger partial charge in [-0.15, -0.1) is 0 Å². The number of morpholine rings is 1. The van der Waals surface area contributed by atoms with Gasteiger partial charge in [0, 0.05) is 25.2 Å². The van der Waals surface area contributed by atoms with E-state index in [0.29, 0.717) is 30.2 Å². The number of hydrazone groups is 1. The fraction of sp³-hybridized carbons (Fsp3) is 0.318. The highest BCUT2D eigenvalue weighted by molar-refractivity contribution is 7.89. The van der Waals surface area contributed by atoms with Crippen LogP contribution in [0.2, 0.25) is 0 Å². The number of amides is 2. The third-order valence-corrected chi connectivity index (χ3v) is 7.55. The summed E-state index contributed by atoms with van der Waals surface area (Å²) in [5, 5.41) is 8.21. The van der Waals surface area contributed by atoms with Crippen molar-refractivity contribution in [3.63, 3.8) is 0 Å². The van der Waals surface area contributed by atoms with E-state index in [1.807, 2.05) is 0 Å². The molecule has 12 heteroatoms. The summed E-state index contributed by atoms with van der Waals surface area (Å²) in [6.45, 7) is 2.87. The summed E-state index contributed by atoms with van der Waals surface area (Å²) in [7, 11) is -3.75. The number of primary amides is 1. The van der Waals surface area contributed by atoms with Gasteiger partial charge in [0.05, 0.1) is 23.8 Å². The van der Waals surface area contributed by atoms with Crippen molar-refractivity contribution in [3.8, 4) is 0 Å². The highest BCUT2D eigenvalue weighted by Crippen LogP contribution is 2.27. The summed E-state index contributed by atoms with van der Waals surface area (Å²) in [6, 6.07) is 8.87. The fourth-order valence-electron chi connectivity index (χ4n) is 3.73. The van der Waals surface area contributed by atoms with Crippen LogP contribution in [0.3, 0.4) is 0 Å². The van der Waals surface area contributed by atoms with Gasteiger partial charge in [0.25, 0.3) is 5.91 Å². The lowest BCUT2D eigenvalue weighted by Crippen LogP contribution is -2.40. The van der Waals surface area contributed by atoms with Crippen molar-refractivity contribution in [3.05, 3.63) is 53.8 Å². The Hall–Kier alpha value is -3.35. The minimum atomic E-state index is -3.75. The van der Waals surface area contributed by atoms with E-state index in [1.54, 1.807) is 13.0 Å². The fourth-order valence-corrected chi connectivity index (χ4v) is 5.16. The second kappa shape index (κ2) is 9.49. The van der Waals surface area contributed by atoms with Gasteiger partial charge >= 0.3 is 0 Å². The van der Waals surface area contributed by atoms with Crippen LogP contribution in [0.25, 0.3) is 0 Å². The van der Waals surface area contributed by atoms with E-state index in [4.69, 9.17) is 10.5 Å². The molecule has 0 radical (unpaired) electrons. The van der Waals surface area contributed by atoms with Crippen LogP contribution in [0.15, 0.2) is 52.5 Å². The van der Waals surface area contributed by atoms with Gasteiger partial charge in [-0.3, -0.25) is 14.6 Å². The number of sulfonamides is 1. The SMILES string of the molecule is Cc1ccc(S(=O)(=O)N2CCOCC2)cc1NC(=O)C1=NN(c2ccc(F)cc2)C(C(N)=O)C1. The van der Waals surface area contributed by atoms with Crippen LogP contribution in [0.4, 0.5) is 15.8 Å². The van der Waals surface area contributed by atoms with E-state index in [9.17, 15) is 22.4 Å². The zero-order valence-electron chi connectivity index (χ0n) is 18.4. The molecule has 2 aromatic rings. The molecular weight excluding hydrogens is 465 g/mol. The predicted molar refractivity (Wildman–Crippen MR) is 123 cm³/mol. The number of aryl methyl sites for hydroxylation is 1. The molecule has 0 aliphatic carbocycles. The van der Waals surface area contributed by atoms with Crippen LogP contribution in [-0.2, 0) is 24.3 Å². The Morgan fingerprint density at radius 1 is 1.15 bits per heavy atom. The second-order valence-corrected chi connectivity index (χ2v) is 9.88. The number of rotatable bonds is 6. The third kappa shape index (κ3) is 4.79. The monoisotopic (exact) mass is 489 g/mol. The van der Waals surface area contributed by atoms with Crippen LogP contribution in [0, 0.1) is 12.7 Å². The molecule has 2 aliphatic rings. The van der Waals surface area contributed by atoms with Crippen LogP contribution in [0.5, 0.6) is 0 Å². The van der Waals surface area contributed by atoms with Gasteiger partial charge in [0.2, 0.25) is 15.9 Å². The Morgan fingerprint density at radius 3 is 2.47 bits per heavy atom. The predicted octanol–water partition coefficient (Wildman–Crippen LogP) is 1.21. The summed E-state index contributed by atoms with van der Waals surface area (Å²) in [5.41, 5.74) is 6.89. The van der Waals surface area contributed by atoms with Crippen molar-refractivity contribution in [1.82, 2.24) is 4.31 Å². The summed E-state index contributed by atoms with van der Waals surface area (Å²) < 4.78 is 45.8. The summed E-state index contributed by atoms with van der Waals surface area (Å²) in [6.07, 6.45) is -0.0522. The molecule has 1 unspecified atom stereocenters. The van der Waals surface area contributed by atoms with Gasteiger partial charge in [0.15, 0.2) is 0 Å². The van der Waals surface area contributed by atoms with Gasteiger partial charge < -0.3 is 15.8 Å². The molecule has 0 aromatic heterocycles. The average molecular weight is 490 g/mol. The summed E-state index contributed by atoms with van der Waals surface area (Å²) >= 11 is 0. The number of carbonyl (C=O) groups is 2. The number of ether oxygens (including phenoxy) is 1. The van der Waals surface area contributed by atoms with E-state index >= 15 is 0 Å². The van der Waals surface area contributed by atoms with Crippen LogP contribution in [0.1, 0.15) is 12.0 Å². The van der Waals surface area contributed by atoms with E-state index in [2.05, 4.69) is 10.4 Å². The quantitative estimate of drug-likeness (QED) is 0.627. The molecule has 3 N–H and O–H groups in total. The number of nitrogens with two attached hydrogens (primary N) is 1. The lowest BCUT2D eigenvalue weighted by atomic mass is 10.1. The van der Waals surface area contributed by atoms with Gasteiger partial charge in [-0.2, -0.15) is 9.41 Å². The molecule has 2 aromatic carbocycles. The highest BCUT2D eigenvalue weighted by Gasteiger charge is 2.35. The Balaban J connectivity index is 1.57. The number of anilines is 2. The normalized spacial score (nSPS) is 19.1. The number of halogens is 1. The second-order valence-electron chi connectivity index (χ2n) is 7.94. The molecule has 1 saturated heterocycles. The average Bonchev–Trinajstić information content (AvgIpc) is 3.27. The molecule has 180 valence electrons. The topological polar surface area (TPSA) is 134 Å². The number of benzene rings is 2. The number of hydrogen-bond acceptors (Lipinski definition) is 7. The summed E-state index contributed by atoms with van der Waals surface area (Å²) in [5.74, 6) is -1.74. The molecule has 10 nitrogen and oxygen atoms in total. The van der Waals surface area contributed by atoms with Crippen molar-refractivity contribution in [2.24, 2.45) is 10.8 Å². The van der Waals surface area contributed by atoms with Crippen molar-refractivity contribution >= 4 is 38.9 Å². The minimum Gasteiger partial charge on any atom is -0.379 e. The molecule has 2 aliphatic heterocycles. The Labute approximate surface area is 196 Å². The van der Waals surface area contributed by atoms with Gasteiger partial charge in [0.1, 0.15) is 17.6 Å². The first-order chi connectivity index (χ1) is 16.2. The van der Waals surface area contributed by atoms with Crippen LogP contribution < -0.4 is 16.1 Å². The highest BCUT2D eigenvalue weighted by atomic mass is 32.2. The Bertz CT molecular complexity index is 1240. The molecule has 0 saturated carbocycles. The van der Waals surface area contributed by atoms with Crippen molar-refractivity contribution in [2.45, 2.75) is 24.3 Å². The van der Waals surface area contributed by atoms with Crippen molar-refractivity contribution in [2.75, 3.05) is 36.6 Å². The zero-order valence-corrected chi connectivity index (χ0v) is 19.2. The van der Waals surface area contributed by atoms with E-state index < -0.39 is 33.7 Å². The lowest BCUT2D eigenvalue weighted by Gasteiger charge is -2.26. The molecule has 0 spiro atoms. The first kappa shape index (κ1) is 23.8. The molecule has 2 heterocycles. The van der Waals surface area contributed by atoms with Gasteiger partial charge in [-0.05, 0) is 48.9 Å². The van der Waals surface area contributed by atoms with E-state index in [1.165, 1.54) is 45.7 Å². The van der Waals surface area contributed by atoms with Gasteiger partial charge in [-0.1, -0.05) is 6.07 Å². The molecule has 34 heavy (non-hydrogen) atoms. The maximum atomic E-state index is 13.3. The number of carbonyl (C=O) groups excluding carboxylic acids is 2. The molecule has 1 atom stereocenters. The first-order valence-corrected chi connectivity index (χ1v) is 12.0. The maximum absolute atomic E-state index is 13.3.